The van der Waals surface area contributed by atoms with Crippen LogP contribution in [-0.2, 0) is 17.1 Å². The van der Waals surface area contributed by atoms with Crippen molar-refractivity contribution in [2.45, 2.75) is 7.43 Å². The van der Waals surface area contributed by atoms with E-state index in [4.69, 9.17) is 0 Å². The van der Waals surface area contributed by atoms with Crippen LogP contribution in [0.1, 0.15) is 7.43 Å². The maximum absolute atomic E-state index is 0. The van der Waals surface area contributed by atoms with E-state index < -0.39 is 0 Å². The molecule has 0 radical (unpaired) electrons. The predicted molar refractivity (Wildman–Crippen MR) is 21.2 cm³/mol. The van der Waals surface area contributed by atoms with E-state index in [0.29, 0.717) is 0 Å². The Labute approximate surface area is 49.6 Å². The third-order valence-corrected chi connectivity index (χ3v) is 0. The van der Waals surface area contributed by atoms with Crippen molar-refractivity contribution < 1.29 is 17.1 Å². The molecule has 0 amide bonds. The minimum Gasteiger partial charge on any atom is -0.147 e. The Morgan fingerprint density at radius 3 is 0.750 bits per heavy atom. The topological polar surface area (TPSA) is 0 Å². The van der Waals surface area contributed by atoms with Crippen molar-refractivity contribution in [1.82, 2.24) is 0 Å². The molecule has 0 saturated heterocycles. The van der Waals surface area contributed by atoms with Crippen LogP contribution in [-0.4, -0.2) is 0 Å². The molecule has 0 saturated carbocycles. The van der Waals surface area contributed by atoms with Crippen LogP contribution < -0.4 is 0 Å². The van der Waals surface area contributed by atoms with Gasteiger partial charge < -0.3 is 0 Å². The average Bonchev–Trinajstić information content (AvgIpc) is 0. The monoisotopic (exact) mass is 144 g/mol. The van der Waals surface area contributed by atoms with Crippen LogP contribution >= 0.6 is 24.8 Å². The molecule has 0 atom stereocenters. The molecule has 0 aromatic rings. The van der Waals surface area contributed by atoms with Gasteiger partial charge >= 0.3 is 0 Å². The first kappa shape index (κ1) is 70.9. The molecule has 0 aliphatic rings. The largest absolute Gasteiger partial charge is 0.147 e. The zero-order valence-corrected chi connectivity index (χ0v) is 3.91. The summed E-state index contributed by atoms with van der Waals surface area (Å²) in [6, 6.07) is 0. The molecule has 0 spiro atoms. The summed E-state index contributed by atoms with van der Waals surface area (Å²) in [5.74, 6) is 0. The third-order valence-electron chi connectivity index (χ3n) is 0. The number of hydrogen-bond acceptors (Lipinski definition) is 0. The van der Waals surface area contributed by atoms with Gasteiger partial charge in [0, 0.05) is 17.1 Å². The maximum atomic E-state index is 0. The number of hydrogen-bond donors (Lipinski definition) is 0. The quantitative estimate of drug-likeness (QED) is 0.452. The van der Waals surface area contributed by atoms with Crippen LogP contribution in [0.4, 0.5) is 0 Å². The van der Waals surface area contributed by atoms with Crippen molar-refractivity contribution >= 4 is 24.8 Å². The van der Waals surface area contributed by atoms with E-state index in [9.17, 15) is 0 Å². The van der Waals surface area contributed by atoms with E-state index in [-0.39, 0.29) is 49.3 Å². The van der Waals surface area contributed by atoms with Crippen LogP contribution in [0.5, 0.6) is 0 Å². The molecule has 0 unspecified atom stereocenters. The van der Waals surface area contributed by atoms with Gasteiger partial charge in [0.05, 0.1) is 0 Å². The van der Waals surface area contributed by atoms with E-state index in [1.165, 1.54) is 0 Å². The zero-order valence-electron chi connectivity index (χ0n) is 1.17. The first-order valence-corrected chi connectivity index (χ1v) is 0. The predicted octanol–water partition coefficient (Wildman–Crippen LogP) is 1.48. The molecule has 0 fully saturated rings. The Hall–Kier alpha value is 1.10. The molecule has 0 heterocycles. The van der Waals surface area contributed by atoms with Crippen molar-refractivity contribution in [3.05, 3.63) is 0 Å². The first-order chi connectivity index (χ1) is 0. The van der Waals surface area contributed by atoms with Crippen LogP contribution in [0, 0.1) is 0 Å². The molecule has 0 aromatic heterocycles. The van der Waals surface area contributed by atoms with Crippen LogP contribution in [0.15, 0.2) is 0 Å². The second-order valence-electron chi connectivity index (χ2n) is 0. The van der Waals surface area contributed by atoms with Gasteiger partial charge in [-0.2, -0.15) is 0 Å². The molecule has 0 N–H and O–H groups in total. The molecule has 0 rings (SSSR count). The number of rotatable bonds is 0. The van der Waals surface area contributed by atoms with Gasteiger partial charge in [-0.05, 0) is 0 Å². The Morgan fingerprint density at radius 2 is 0.750 bits per heavy atom. The summed E-state index contributed by atoms with van der Waals surface area (Å²) in [4.78, 5) is 0. The van der Waals surface area contributed by atoms with Gasteiger partial charge in [0.15, 0.2) is 0 Å². The smallest absolute Gasteiger partial charge is 0 e. The first-order valence-electron chi connectivity index (χ1n) is 0. The van der Waals surface area contributed by atoms with Crippen molar-refractivity contribution in [3.63, 3.8) is 0 Å². The Kier molecular flexibility index (Phi) is 577. The fourth-order valence-corrected chi connectivity index (χ4v) is 0. The summed E-state index contributed by atoms with van der Waals surface area (Å²) in [6.45, 7) is 0. The Balaban J connectivity index is 0. The minimum atomic E-state index is 0. The van der Waals surface area contributed by atoms with Crippen LogP contribution in [0.2, 0.25) is 0 Å². The SMILES string of the molecule is C.Cl.Cl.[Fe]. The van der Waals surface area contributed by atoms with E-state index in [1.54, 1.807) is 0 Å². The fraction of sp³-hybridized carbons (Fsp3) is 1.00. The molecule has 0 aliphatic heterocycles. The van der Waals surface area contributed by atoms with Gasteiger partial charge in [-0.3, -0.25) is 0 Å². The normalized spacial score (nSPS) is 0. The van der Waals surface area contributed by atoms with E-state index >= 15 is 0 Å². The van der Waals surface area contributed by atoms with Crippen LogP contribution in [0.25, 0.3) is 0 Å². The maximum Gasteiger partial charge on any atom is 0 e. The van der Waals surface area contributed by atoms with E-state index in [0.717, 1.165) is 0 Å². The van der Waals surface area contributed by atoms with Gasteiger partial charge in [0.2, 0.25) is 0 Å². The average molecular weight is 145 g/mol. The number of halogens is 2. The standard InChI is InChI=1S/CH4.2ClH.Fe/h1H4;2*1H;. The molecular weight excluding hydrogens is 139 g/mol. The minimum absolute atomic E-state index is 0. The summed E-state index contributed by atoms with van der Waals surface area (Å²) >= 11 is 0. The summed E-state index contributed by atoms with van der Waals surface area (Å²) in [5.41, 5.74) is 0. The summed E-state index contributed by atoms with van der Waals surface area (Å²) < 4.78 is 0. The molecule has 0 bridgehead atoms. The van der Waals surface area contributed by atoms with Crippen molar-refractivity contribution in [2.75, 3.05) is 0 Å². The molecule has 32 valence electrons. The summed E-state index contributed by atoms with van der Waals surface area (Å²) in [6.07, 6.45) is 0. The van der Waals surface area contributed by atoms with Gasteiger partial charge in [0.25, 0.3) is 0 Å². The third kappa shape index (κ3) is 11.3. The van der Waals surface area contributed by atoms with E-state index in [1.807, 2.05) is 0 Å². The van der Waals surface area contributed by atoms with Crippen molar-refractivity contribution in [1.29, 1.82) is 0 Å². The molecule has 3 heteroatoms. The Morgan fingerprint density at radius 1 is 0.750 bits per heavy atom. The molecule has 0 aliphatic carbocycles. The molecular formula is CH6Cl2Fe. The fourth-order valence-electron chi connectivity index (χ4n) is 0. The zero-order chi connectivity index (χ0) is 0. The van der Waals surface area contributed by atoms with Crippen molar-refractivity contribution in [2.24, 2.45) is 0 Å². The Bertz CT molecular complexity index is 6.00. The van der Waals surface area contributed by atoms with Gasteiger partial charge in [-0.1, -0.05) is 7.43 Å². The van der Waals surface area contributed by atoms with E-state index in [2.05, 4.69) is 0 Å². The molecule has 0 aromatic carbocycles. The van der Waals surface area contributed by atoms with Gasteiger partial charge in [-0.25, -0.2) is 0 Å². The summed E-state index contributed by atoms with van der Waals surface area (Å²) in [7, 11) is 0. The second-order valence-corrected chi connectivity index (χ2v) is 0. The second kappa shape index (κ2) is 32.6. The molecule has 4 heavy (non-hydrogen) atoms. The van der Waals surface area contributed by atoms with Gasteiger partial charge in [-0.15, -0.1) is 24.8 Å². The summed E-state index contributed by atoms with van der Waals surface area (Å²) in [5, 5.41) is 0. The molecule has 0 nitrogen and oxygen atoms in total. The van der Waals surface area contributed by atoms with Crippen LogP contribution in [0.3, 0.4) is 0 Å². The van der Waals surface area contributed by atoms with Crippen molar-refractivity contribution in [3.8, 4) is 0 Å². The van der Waals surface area contributed by atoms with Gasteiger partial charge in [0.1, 0.15) is 0 Å².